The Bertz CT molecular complexity index is 890. The highest BCUT2D eigenvalue weighted by atomic mass is 32.1. The van der Waals surface area contributed by atoms with Crippen molar-refractivity contribution in [1.82, 2.24) is 14.8 Å². The minimum atomic E-state index is -5.08. The van der Waals surface area contributed by atoms with Crippen LogP contribution in [0.3, 0.4) is 0 Å². The molecule has 0 radical (unpaired) electrons. The number of amides is 1. The van der Waals surface area contributed by atoms with Gasteiger partial charge < -0.3 is 14.4 Å². The summed E-state index contributed by atoms with van der Waals surface area (Å²) in [5, 5.41) is 10.4. The van der Waals surface area contributed by atoms with Gasteiger partial charge in [0.15, 0.2) is 0 Å². The summed E-state index contributed by atoms with van der Waals surface area (Å²) in [5.74, 6) is -2.66. The van der Waals surface area contributed by atoms with Gasteiger partial charge in [0.25, 0.3) is 5.91 Å². The van der Waals surface area contributed by atoms with Crippen LogP contribution in [0.5, 0.6) is 0 Å². The quantitative estimate of drug-likeness (QED) is 0.748. The van der Waals surface area contributed by atoms with E-state index in [0.29, 0.717) is 5.56 Å². The van der Waals surface area contributed by atoms with Gasteiger partial charge in [-0.05, 0) is 45.2 Å². The van der Waals surface area contributed by atoms with E-state index in [2.05, 4.69) is 22.2 Å². The van der Waals surface area contributed by atoms with Gasteiger partial charge in [-0.2, -0.15) is 13.2 Å². The van der Waals surface area contributed by atoms with Crippen LogP contribution in [0.1, 0.15) is 46.7 Å². The SMILES string of the molecule is Cc1nc(CN2CCCC23CCN(C(=O)c2ccoc2)CC3)cs1.O=C(O)C(F)(F)F. The number of hydrogen-bond donors (Lipinski definition) is 1. The maximum atomic E-state index is 12.5. The average molecular weight is 459 g/mol. The molecule has 11 heteroatoms. The molecule has 7 nitrogen and oxygen atoms in total. The van der Waals surface area contributed by atoms with E-state index in [-0.39, 0.29) is 11.4 Å². The van der Waals surface area contributed by atoms with Gasteiger partial charge in [0, 0.05) is 30.6 Å². The molecule has 170 valence electrons. The Kier molecular flexibility index (Phi) is 7.05. The van der Waals surface area contributed by atoms with Gasteiger partial charge in [-0.15, -0.1) is 11.3 Å². The topological polar surface area (TPSA) is 86.9 Å². The summed E-state index contributed by atoms with van der Waals surface area (Å²) in [6.07, 6.45) is 2.62. The number of carboxylic acids is 1. The molecule has 2 fully saturated rings. The zero-order chi connectivity index (χ0) is 22.6. The second-order valence-corrected chi connectivity index (χ2v) is 8.78. The van der Waals surface area contributed by atoms with Crippen LogP contribution in [0.15, 0.2) is 28.4 Å². The Balaban J connectivity index is 0.000000339. The predicted octanol–water partition coefficient (Wildman–Crippen LogP) is 3.95. The third-order valence-electron chi connectivity index (χ3n) is 5.75. The van der Waals surface area contributed by atoms with Crippen molar-refractivity contribution in [2.24, 2.45) is 0 Å². The minimum absolute atomic E-state index is 0.0956. The standard InChI is InChI=1S/C18H23N3O2S.C2HF3O2/c1-14-19-16(13-24-14)11-21-7-2-4-18(21)5-8-20(9-6-18)17(22)15-3-10-23-12-15;3-2(4,5)1(6)7/h3,10,12-13H,2,4-9,11H2,1H3;(H,6,7). The van der Waals surface area contributed by atoms with Crippen molar-refractivity contribution >= 4 is 23.2 Å². The van der Waals surface area contributed by atoms with E-state index in [4.69, 9.17) is 14.3 Å². The number of likely N-dealkylation sites (tertiary alicyclic amines) is 2. The summed E-state index contributed by atoms with van der Waals surface area (Å²) in [6, 6.07) is 1.75. The molecule has 31 heavy (non-hydrogen) atoms. The number of carboxylic acid groups (broad SMARTS) is 1. The smallest absolute Gasteiger partial charge is 0.475 e. The molecular weight excluding hydrogens is 435 g/mol. The molecular formula is C20H24F3N3O4S. The number of aromatic nitrogens is 1. The fourth-order valence-corrected chi connectivity index (χ4v) is 4.78. The van der Waals surface area contributed by atoms with E-state index >= 15 is 0 Å². The Hall–Kier alpha value is -2.40. The van der Waals surface area contributed by atoms with Crippen molar-refractivity contribution in [1.29, 1.82) is 0 Å². The molecule has 1 spiro atoms. The van der Waals surface area contributed by atoms with E-state index in [1.807, 2.05) is 4.90 Å². The first kappa shape index (κ1) is 23.3. The van der Waals surface area contributed by atoms with Gasteiger partial charge in [0.1, 0.15) is 6.26 Å². The van der Waals surface area contributed by atoms with Crippen LogP contribution in [0.25, 0.3) is 0 Å². The van der Waals surface area contributed by atoms with Crippen LogP contribution in [-0.2, 0) is 11.3 Å². The normalized spacial score (nSPS) is 18.6. The van der Waals surface area contributed by atoms with Crippen LogP contribution in [0, 0.1) is 6.92 Å². The number of aryl methyl sites for hydroxylation is 1. The second-order valence-electron chi connectivity index (χ2n) is 7.71. The number of carbonyl (C=O) groups is 2. The lowest BCUT2D eigenvalue weighted by Crippen LogP contribution is -2.52. The zero-order valence-corrected chi connectivity index (χ0v) is 17.8. The van der Waals surface area contributed by atoms with Crippen LogP contribution < -0.4 is 0 Å². The monoisotopic (exact) mass is 459 g/mol. The van der Waals surface area contributed by atoms with Crippen molar-refractivity contribution in [2.75, 3.05) is 19.6 Å². The van der Waals surface area contributed by atoms with Gasteiger partial charge in [-0.3, -0.25) is 9.69 Å². The number of carbonyl (C=O) groups excluding carboxylic acids is 1. The molecule has 0 bridgehead atoms. The van der Waals surface area contributed by atoms with E-state index in [0.717, 1.165) is 44.0 Å². The van der Waals surface area contributed by atoms with E-state index in [1.54, 1.807) is 29.9 Å². The van der Waals surface area contributed by atoms with Crippen molar-refractivity contribution in [3.05, 3.63) is 40.2 Å². The molecule has 1 amide bonds. The molecule has 4 rings (SSSR count). The van der Waals surface area contributed by atoms with Crippen molar-refractivity contribution in [3.8, 4) is 0 Å². The van der Waals surface area contributed by atoms with E-state index in [9.17, 15) is 18.0 Å². The zero-order valence-electron chi connectivity index (χ0n) is 17.0. The van der Waals surface area contributed by atoms with Crippen molar-refractivity contribution in [2.45, 2.75) is 50.9 Å². The van der Waals surface area contributed by atoms with E-state index in [1.165, 1.54) is 18.5 Å². The Morgan fingerprint density at radius 3 is 2.45 bits per heavy atom. The Morgan fingerprint density at radius 2 is 1.94 bits per heavy atom. The van der Waals surface area contributed by atoms with Crippen LogP contribution >= 0.6 is 11.3 Å². The predicted molar refractivity (Wildman–Crippen MR) is 107 cm³/mol. The summed E-state index contributed by atoms with van der Waals surface area (Å²) in [5.41, 5.74) is 2.10. The highest BCUT2D eigenvalue weighted by Gasteiger charge is 2.44. The molecule has 0 atom stereocenters. The first-order valence-corrected chi connectivity index (χ1v) is 10.8. The number of furan rings is 1. The number of aliphatic carboxylic acids is 1. The highest BCUT2D eigenvalue weighted by Crippen LogP contribution is 2.39. The van der Waals surface area contributed by atoms with Crippen LogP contribution in [0.2, 0.25) is 0 Å². The van der Waals surface area contributed by atoms with Crippen molar-refractivity contribution in [3.63, 3.8) is 0 Å². The number of nitrogens with zero attached hydrogens (tertiary/aromatic N) is 3. The molecule has 0 saturated carbocycles. The Labute approximate surface area is 181 Å². The summed E-state index contributed by atoms with van der Waals surface area (Å²) in [7, 11) is 0. The third-order valence-corrected chi connectivity index (χ3v) is 6.57. The maximum Gasteiger partial charge on any atom is 0.490 e. The van der Waals surface area contributed by atoms with Gasteiger partial charge in [0.05, 0.1) is 22.5 Å². The van der Waals surface area contributed by atoms with Crippen LogP contribution in [-0.4, -0.2) is 63.1 Å². The van der Waals surface area contributed by atoms with Crippen LogP contribution in [0.4, 0.5) is 13.2 Å². The molecule has 2 aliphatic heterocycles. The number of halogens is 3. The molecule has 2 aromatic heterocycles. The summed E-state index contributed by atoms with van der Waals surface area (Å²) in [4.78, 5) is 30.6. The molecule has 0 aromatic carbocycles. The lowest BCUT2D eigenvalue weighted by Gasteiger charge is -2.45. The lowest BCUT2D eigenvalue weighted by atomic mass is 9.84. The number of hydrogen-bond acceptors (Lipinski definition) is 6. The first-order valence-electron chi connectivity index (χ1n) is 9.88. The molecule has 0 unspecified atom stereocenters. The fourth-order valence-electron chi connectivity index (χ4n) is 4.18. The van der Waals surface area contributed by atoms with Gasteiger partial charge in [-0.25, -0.2) is 9.78 Å². The second kappa shape index (κ2) is 9.39. The molecule has 2 saturated heterocycles. The van der Waals surface area contributed by atoms with E-state index < -0.39 is 12.1 Å². The molecule has 2 aromatic rings. The first-order chi connectivity index (χ1) is 14.6. The third kappa shape index (κ3) is 5.65. The highest BCUT2D eigenvalue weighted by molar-refractivity contribution is 7.09. The molecule has 4 heterocycles. The largest absolute Gasteiger partial charge is 0.490 e. The minimum Gasteiger partial charge on any atom is -0.475 e. The van der Waals surface area contributed by atoms with Gasteiger partial charge in [-0.1, -0.05) is 0 Å². The fraction of sp³-hybridized carbons (Fsp3) is 0.550. The average Bonchev–Trinajstić information content (AvgIpc) is 3.45. The number of rotatable bonds is 3. The lowest BCUT2D eigenvalue weighted by molar-refractivity contribution is -0.192. The number of thiazole rings is 1. The Morgan fingerprint density at radius 1 is 1.26 bits per heavy atom. The van der Waals surface area contributed by atoms with Gasteiger partial charge in [0.2, 0.25) is 0 Å². The number of piperidine rings is 1. The van der Waals surface area contributed by atoms with Crippen molar-refractivity contribution < 1.29 is 32.3 Å². The maximum absolute atomic E-state index is 12.5. The molecule has 0 aliphatic carbocycles. The number of alkyl halides is 3. The molecule has 1 N–H and O–H groups in total. The summed E-state index contributed by atoms with van der Waals surface area (Å²) in [6.45, 7) is 5.81. The summed E-state index contributed by atoms with van der Waals surface area (Å²) < 4.78 is 36.8. The van der Waals surface area contributed by atoms with Gasteiger partial charge >= 0.3 is 12.1 Å². The molecule has 2 aliphatic rings. The summed E-state index contributed by atoms with van der Waals surface area (Å²) >= 11 is 1.73.